The van der Waals surface area contributed by atoms with E-state index in [-0.39, 0.29) is 5.91 Å². The fraction of sp³-hybridized carbons (Fsp3) is 0.933. The predicted molar refractivity (Wildman–Crippen MR) is 81.3 cm³/mol. The fourth-order valence-electron chi connectivity index (χ4n) is 3.65. The Bertz CT molecular complexity index is 346. The van der Waals surface area contributed by atoms with Crippen LogP contribution in [0.15, 0.2) is 0 Å². The van der Waals surface area contributed by atoms with Gasteiger partial charge in [-0.25, -0.2) is 0 Å². The molecule has 120 valence electrons. The van der Waals surface area contributed by atoms with Gasteiger partial charge in [-0.2, -0.15) is 0 Å². The number of amides is 1. The summed E-state index contributed by atoms with van der Waals surface area (Å²) in [6, 6.07) is 1.34. The first kappa shape index (κ1) is 15.2. The van der Waals surface area contributed by atoms with Crippen LogP contribution >= 0.6 is 0 Å². The summed E-state index contributed by atoms with van der Waals surface area (Å²) < 4.78 is 5.29. The zero-order valence-electron chi connectivity index (χ0n) is 13.1. The summed E-state index contributed by atoms with van der Waals surface area (Å²) in [5.41, 5.74) is 0. The average Bonchev–Trinajstić information content (AvgIpc) is 2.47. The van der Waals surface area contributed by atoms with Crippen LogP contribution in [0.2, 0.25) is 0 Å². The quantitative estimate of drug-likeness (QED) is 0.737. The Morgan fingerprint density at radius 2 is 1.57 bits per heavy atom. The normalized spacial score (nSPS) is 26.8. The molecule has 6 nitrogen and oxygen atoms in total. The van der Waals surface area contributed by atoms with Gasteiger partial charge in [0.15, 0.2) is 0 Å². The van der Waals surface area contributed by atoms with Gasteiger partial charge < -0.3 is 15.0 Å². The second-order valence-electron chi connectivity index (χ2n) is 6.41. The third-order valence-corrected chi connectivity index (χ3v) is 5.15. The van der Waals surface area contributed by atoms with Crippen LogP contribution in [0.25, 0.3) is 0 Å². The molecule has 3 saturated heterocycles. The summed E-state index contributed by atoms with van der Waals surface area (Å²) in [6.45, 7) is 8.84. The van der Waals surface area contributed by atoms with E-state index in [2.05, 4.69) is 15.1 Å². The summed E-state index contributed by atoms with van der Waals surface area (Å²) in [6.07, 6.45) is 2.25. The third kappa shape index (κ3) is 3.56. The molecule has 3 heterocycles. The summed E-state index contributed by atoms with van der Waals surface area (Å²) >= 11 is 0. The number of piperazine rings is 1. The molecule has 21 heavy (non-hydrogen) atoms. The third-order valence-electron chi connectivity index (χ3n) is 5.15. The number of likely N-dealkylation sites (tertiary alicyclic amines) is 1. The first-order valence-electron chi connectivity index (χ1n) is 8.26. The Labute approximate surface area is 127 Å². The summed E-state index contributed by atoms with van der Waals surface area (Å²) in [7, 11) is 1.83. The van der Waals surface area contributed by atoms with Crippen molar-refractivity contribution in [3.05, 3.63) is 0 Å². The number of rotatable bonds is 4. The van der Waals surface area contributed by atoms with Crippen LogP contribution in [-0.4, -0.2) is 98.8 Å². The largest absolute Gasteiger partial charge is 0.378 e. The number of ether oxygens (including phenoxy) is 1. The monoisotopic (exact) mass is 296 g/mol. The molecule has 1 N–H and O–H groups in total. The number of likely N-dealkylation sites (N-methyl/N-ethyl adjacent to an activating group) is 1. The second-order valence-corrected chi connectivity index (χ2v) is 6.41. The van der Waals surface area contributed by atoms with Crippen molar-refractivity contribution in [2.75, 3.05) is 66.1 Å². The first-order chi connectivity index (χ1) is 10.3. The van der Waals surface area contributed by atoms with Gasteiger partial charge in [0.25, 0.3) is 0 Å². The summed E-state index contributed by atoms with van der Waals surface area (Å²) in [4.78, 5) is 19.1. The molecule has 0 saturated carbocycles. The highest BCUT2D eigenvalue weighted by Crippen LogP contribution is 2.20. The van der Waals surface area contributed by atoms with E-state index in [1.165, 1.54) is 26.2 Å². The molecule has 1 amide bonds. The second kappa shape index (κ2) is 7.05. The zero-order chi connectivity index (χ0) is 14.7. The number of nitrogens with one attached hydrogen (secondary N) is 1. The van der Waals surface area contributed by atoms with Crippen molar-refractivity contribution in [2.24, 2.45) is 0 Å². The van der Waals surface area contributed by atoms with E-state index in [9.17, 15) is 4.79 Å². The van der Waals surface area contributed by atoms with Gasteiger partial charge in [-0.3, -0.25) is 14.6 Å². The Hall–Kier alpha value is -0.690. The molecule has 0 atom stereocenters. The van der Waals surface area contributed by atoms with Crippen molar-refractivity contribution >= 4 is 5.91 Å². The van der Waals surface area contributed by atoms with Crippen molar-refractivity contribution in [3.63, 3.8) is 0 Å². The lowest BCUT2D eigenvalue weighted by molar-refractivity contribution is -0.132. The van der Waals surface area contributed by atoms with Gasteiger partial charge in [-0.15, -0.1) is 0 Å². The van der Waals surface area contributed by atoms with Crippen molar-refractivity contribution in [3.8, 4) is 0 Å². The summed E-state index contributed by atoms with van der Waals surface area (Å²) in [5.74, 6) is 0.241. The van der Waals surface area contributed by atoms with Crippen molar-refractivity contribution in [2.45, 2.75) is 24.9 Å². The number of nitrogens with zero attached hydrogens (tertiary/aromatic N) is 3. The van der Waals surface area contributed by atoms with E-state index in [1.807, 2.05) is 11.9 Å². The lowest BCUT2D eigenvalue weighted by atomic mass is 10.0. The number of hydrogen-bond donors (Lipinski definition) is 1. The smallest absolute Gasteiger partial charge is 0.236 e. The molecule has 3 aliphatic rings. The molecule has 3 aliphatic heterocycles. The zero-order valence-corrected chi connectivity index (χ0v) is 13.1. The van der Waals surface area contributed by atoms with Gasteiger partial charge in [0, 0.05) is 45.3 Å². The molecule has 0 aliphatic carbocycles. The van der Waals surface area contributed by atoms with Gasteiger partial charge in [0.05, 0.1) is 25.8 Å². The molecule has 3 fully saturated rings. The molecule has 0 aromatic rings. The minimum Gasteiger partial charge on any atom is -0.378 e. The van der Waals surface area contributed by atoms with Crippen molar-refractivity contribution < 1.29 is 9.53 Å². The number of carbonyl (C=O) groups excluding carboxylic acids is 1. The lowest BCUT2D eigenvalue weighted by Gasteiger charge is -2.46. The maximum absolute atomic E-state index is 11.9. The highest BCUT2D eigenvalue weighted by Gasteiger charge is 2.32. The van der Waals surface area contributed by atoms with E-state index in [0.717, 1.165) is 39.1 Å². The lowest BCUT2D eigenvalue weighted by Crippen LogP contribution is -2.59. The molecule has 0 unspecified atom stereocenters. The fourth-order valence-corrected chi connectivity index (χ4v) is 3.65. The molecule has 0 aromatic carbocycles. The SMILES string of the molecule is CNCC(=O)N1CCC(N2CCN(C3COC3)CC2)CC1. The molecule has 6 heteroatoms. The van der Waals surface area contributed by atoms with Crippen LogP contribution in [0.5, 0.6) is 0 Å². The Kier molecular flexibility index (Phi) is 5.11. The highest BCUT2D eigenvalue weighted by atomic mass is 16.5. The van der Waals surface area contributed by atoms with Crippen LogP contribution in [0.3, 0.4) is 0 Å². The van der Waals surface area contributed by atoms with Gasteiger partial charge in [-0.05, 0) is 19.9 Å². The topological polar surface area (TPSA) is 48.1 Å². The Balaban J connectivity index is 1.40. The molecule has 0 bridgehead atoms. The molecular weight excluding hydrogens is 268 g/mol. The molecule has 0 spiro atoms. The minimum atomic E-state index is 0.241. The van der Waals surface area contributed by atoms with Crippen molar-refractivity contribution in [1.82, 2.24) is 20.0 Å². The highest BCUT2D eigenvalue weighted by molar-refractivity contribution is 5.78. The van der Waals surface area contributed by atoms with Crippen LogP contribution in [0.1, 0.15) is 12.8 Å². The number of piperidine rings is 1. The van der Waals surface area contributed by atoms with E-state index < -0.39 is 0 Å². The number of carbonyl (C=O) groups is 1. The van der Waals surface area contributed by atoms with E-state index in [1.54, 1.807) is 0 Å². The Morgan fingerprint density at radius 3 is 2.05 bits per heavy atom. The van der Waals surface area contributed by atoms with Gasteiger partial charge in [0.2, 0.25) is 5.91 Å². The maximum atomic E-state index is 11.9. The number of hydrogen-bond acceptors (Lipinski definition) is 5. The molecule has 0 aromatic heterocycles. The first-order valence-corrected chi connectivity index (χ1v) is 8.26. The molecule has 3 rings (SSSR count). The van der Waals surface area contributed by atoms with Gasteiger partial charge in [-0.1, -0.05) is 0 Å². The standard InChI is InChI=1S/C15H28N4O2/c1-16-10-15(20)19-4-2-13(3-5-19)17-6-8-18(9-7-17)14-11-21-12-14/h13-14,16H,2-12H2,1H3. The Morgan fingerprint density at radius 1 is 1.00 bits per heavy atom. The van der Waals surface area contributed by atoms with Crippen LogP contribution in [0, 0.1) is 0 Å². The van der Waals surface area contributed by atoms with Crippen molar-refractivity contribution in [1.29, 1.82) is 0 Å². The predicted octanol–water partition coefficient (Wildman–Crippen LogP) is -0.787. The van der Waals surface area contributed by atoms with Gasteiger partial charge in [0.1, 0.15) is 0 Å². The van der Waals surface area contributed by atoms with Crippen LogP contribution < -0.4 is 5.32 Å². The summed E-state index contributed by atoms with van der Waals surface area (Å²) in [5, 5.41) is 2.95. The van der Waals surface area contributed by atoms with Gasteiger partial charge >= 0.3 is 0 Å². The van der Waals surface area contributed by atoms with Crippen LogP contribution in [-0.2, 0) is 9.53 Å². The average molecular weight is 296 g/mol. The van der Waals surface area contributed by atoms with E-state index >= 15 is 0 Å². The van der Waals surface area contributed by atoms with E-state index in [0.29, 0.717) is 18.6 Å². The molecule has 0 radical (unpaired) electrons. The van der Waals surface area contributed by atoms with Crippen LogP contribution in [0.4, 0.5) is 0 Å². The van der Waals surface area contributed by atoms with E-state index in [4.69, 9.17) is 4.74 Å². The maximum Gasteiger partial charge on any atom is 0.236 e. The minimum absolute atomic E-state index is 0.241. The molecular formula is C15H28N4O2.